The summed E-state index contributed by atoms with van der Waals surface area (Å²) in [5.74, 6) is 0.488. The molecule has 148 valence electrons. The summed E-state index contributed by atoms with van der Waals surface area (Å²) in [6.07, 6.45) is 2.61. The van der Waals surface area contributed by atoms with E-state index < -0.39 is 16.1 Å². The molecule has 2 N–H and O–H groups in total. The van der Waals surface area contributed by atoms with Crippen molar-refractivity contribution in [1.29, 1.82) is 0 Å². The van der Waals surface area contributed by atoms with Gasteiger partial charge in [0.05, 0.1) is 20.3 Å². The Balaban J connectivity index is 2.04. The fraction of sp³-hybridized carbons (Fsp3) is 0.667. The second-order valence-corrected chi connectivity index (χ2v) is 8.56. The Morgan fingerprint density at radius 1 is 1.23 bits per heavy atom. The Labute approximate surface area is 156 Å². The minimum absolute atomic E-state index is 0.00809. The molecule has 1 aliphatic rings. The van der Waals surface area contributed by atoms with E-state index in [9.17, 15) is 13.5 Å². The van der Waals surface area contributed by atoms with E-state index in [2.05, 4.69) is 23.5 Å². The Kier molecular flexibility index (Phi) is 7.28. The second kappa shape index (κ2) is 9.03. The third-order valence-electron chi connectivity index (χ3n) is 4.96. The van der Waals surface area contributed by atoms with Crippen molar-refractivity contribution < 1.29 is 23.0 Å². The highest BCUT2D eigenvalue weighted by Crippen LogP contribution is 2.33. The molecule has 1 saturated heterocycles. The van der Waals surface area contributed by atoms with Crippen molar-refractivity contribution in [1.82, 2.24) is 9.62 Å². The first kappa shape index (κ1) is 21.0. The molecule has 0 bridgehead atoms. The van der Waals surface area contributed by atoms with Crippen molar-refractivity contribution in [3.8, 4) is 11.5 Å². The molecule has 26 heavy (non-hydrogen) atoms. The predicted molar refractivity (Wildman–Crippen MR) is 100 cm³/mol. The van der Waals surface area contributed by atoms with Gasteiger partial charge in [0.1, 0.15) is 4.90 Å². The van der Waals surface area contributed by atoms with Crippen LogP contribution in [0.2, 0.25) is 0 Å². The number of rotatable bonds is 8. The Bertz CT molecular complexity index is 685. The summed E-state index contributed by atoms with van der Waals surface area (Å²) in [4.78, 5) is 2.24. The normalized spacial score (nSPS) is 22.8. The lowest BCUT2D eigenvalue weighted by molar-refractivity contribution is 0.0438. The van der Waals surface area contributed by atoms with Crippen molar-refractivity contribution in [3.63, 3.8) is 0 Å². The summed E-state index contributed by atoms with van der Waals surface area (Å²) < 4.78 is 38.1. The van der Waals surface area contributed by atoms with Gasteiger partial charge in [-0.1, -0.05) is 12.5 Å². The fourth-order valence-electron chi connectivity index (χ4n) is 3.50. The number of ether oxygens (including phenoxy) is 2. The molecule has 0 amide bonds. The number of methoxy groups -OCH3 is 2. The minimum Gasteiger partial charge on any atom is -0.493 e. The molecule has 0 saturated carbocycles. The molecule has 1 aromatic carbocycles. The fourth-order valence-corrected chi connectivity index (χ4v) is 4.75. The molecule has 8 heteroatoms. The van der Waals surface area contributed by atoms with E-state index in [-0.39, 0.29) is 17.2 Å². The summed E-state index contributed by atoms with van der Waals surface area (Å²) >= 11 is 0. The molecule has 1 heterocycles. The quantitative estimate of drug-likeness (QED) is 0.706. The highest BCUT2D eigenvalue weighted by Gasteiger charge is 2.28. The van der Waals surface area contributed by atoms with Crippen LogP contribution in [-0.2, 0) is 10.0 Å². The molecule has 0 radical (unpaired) electrons. The van der Waals surface area contributed by atoms with Gasteiger partial charge in [-0.25, -0.2) is 13.1 Å². The zero-order chi connectivity index (χ0) is 19.3. The summed E-state index contributed by atoms with van der Waals surface area (Å²) in [5.41, 5.74) is 0. The number of likely N-dealkylation sites (tertiary alicyclic amines) is 1. The number of β-amino-alcohol motifs (C(OH)–C–C–N with tert-alkyl or cyclic N) is 1. The van der Waals surface area contributed by atoms with Gasteiger partial charge >= 0.3 is 0 Å². The van der Waals surface area contributed by atoms with Gasteiger partial charge in [-0.2, -0.15) is 0 Å². The van der Waals surface area contributed by atoms with E-state index >= 15 is 0 Å². The molecule has 7 nitrogen and oxygen atoms in total. The number of para-hydroxylation sites is 1. The molecule has 3 atom stereocenters. The van der Waals surface area contributed by atoms with E-state index in [1.54, 1.807) is 12.1 Å². The number of hydrogen-bond donors (Lipinski definition) is 2. The largest absolute Gasteiger partial charge is 0.493 e. The first-order valence-corrected chi connectivity index (χ1v) is 10.4. The molecule has 0 aliphatic carbocycles. The Morgan fingerprint density at radius 2 is 1.88 bits per heavy atom. The first-order chi connectivity index (χ1) is 12.3. The first-order valence-electron chi connectivity index (χ1n) is 8.94. The number of aliphatic hydroxyl groups is 1. The Hall–Kier alpha value is -1.35. The minimum atomic E-state index is -3.83. The third kappa shape index (κ3) is 4.88. The third-order valence-corrected chi connectivity index (χ3v) is 6.41. The predicted octanol–water partition coefficient (Wildman–Crippen LogP) is 1.61. The van der Waals surface area contributed by atoms with Crippen LogP contribution in [0.25, 0.3) is 0 Å². The molecule has 3 unspecified atom stereocenters. The lowest BCUT2D eigenvalue weighted by Gasteiger charge is -2.40. The topological polar surface area (TPSA) is 88.1 Å². The highest BCUT2D eigenvalue weighted by molar-refractivity contribution is 7.89. The summed E-state index contributed by atoms with van der Waals surface area (Å²) in [6.45, 7) is 4.68. The number of nitrogens with zero attached hydrogens (tertiary/aromatic N) is 1. The highest BCUT2D eigenvalue weighted by atomic mass is 32.2. The van der Waals surface area contributed by atoms with E-state index in [1.165, 1.54) is 26.7 Å². The van der Waals surface area contributed by atoms with Crippen LogP contribution in [0.3, 0.4) is 0 Å². The monoisotopic (exact) mass is 386 g/mol. The van der Waals surface area contributed by atoms with Crippen molar-refractivity contribution in [2.24, 2.45) is 0 Å². The van der Waals surface area contributed by atoms with Crippen LogP contribution in [0.1, 0.15) is 33.1 Å². The van der Waals surface area contributed by atoms with Crippen LogP contribution in [0.4, 0.5) is 0 Å². The van der Waals surface area contributed by atoms with Crippen LogP contribution < -0.4 is 14.2 Å². The molecule has 1 fully saturated rings. The molecule has 1 aliphatic heterocycles. The average molecular weight is 387 g/mol. The summed E-state index contributed by atoms with van der Waals surface area (Å²) in [5, 5.41) is 10.3. The molecular weight excluding hydrogens is 356 g/mol. The number of nitrogens with one attached hydrogen (secondary N) is 1. The van der Waals surface area contributed by atoms with Gasteiger partial charge in [0.2, 0.25) is 10.0 Å². The summed E-state index contributed by atoms with van der Waals surface area (Å²) in [6, 6.07) is 5.45. The van der Waals surface area contributed by atoms with Gasteiger partial charge in [0, 0.05) is 25.2 Å². The van der Waals surface area contributed by atoms with Crippen LogP contribution in [0.5, 0.6) is 11.5 Å². The van der Waals surface area contributed by atoms with Crippen LogP contribution in [0, 0.1) is 0 Å². The van der Waals surface area contributed by atoms with Gasteiger partial charge in [-0.15, -0.1) is 0 Å². The van der Waals surface area contributed by atoms with Crippen molar-refractivity contribution >= 4 is 10.0 Å². The van der Waals surface area contributed by atoms with Gasteiger partial charge in [-0.3, -0.25) is 4.90 Å². The van der Waals surface area contributed by atoms with Gasteiger partial charge in [-0.05, 0) is 38.8 Å². The molecule has 0 aromatic heterocycles. The number of benzene rings is 1. The van der Waals surface area contributed by atoms with E-state index in [4.69, 9.17) is 9.47 Å². The average Bonchev–Trinajstić information content (AvgIpc) is 2.62. The van der Waals surface area contributed by atoms with Gasteiger partial charge in [0.25, 0.3) is 0 Å². The molecule has 1 aromatic rings. The van der Waals surface area contributed by atoms with Crippen molar-refractivity contribution in [2.75, 3.05) is 27.3 Å². The lowest BCUT2D eigenvalue weighted by Crippen LogP contribution is -2.49. The maximum Gasteiger partial charge on any atom is 0.244 e. The van der Waals surface area contributed by atoms with Crippen LogP contribution in [-0.4, -0.2) is 63.9 Å². The molecule has 0 spiro atoms. The number of aliphatic hydroxyl groups excluding tert-OH is 1. The van der Waals surface area contributed by atoms with Crippen LogP contribution in [0.15, 0.2) is 23.1 Å². The smallest absolute Gasteiger partial charge is 0.244 e. The van der Waals surface area contributed by atoms with Crippen molar-refractivity contribution in [3.05, 3.63) is 18.2 Å². The molecule has 2 rings (SSSR count). The van der Waals surface area contributed by atoms with Gasteiger partial charge < -0.3 is 14.6 Å². The van der Waals surface area contributed by atoms with Crippen molar-refractivity contribution in [2.45, 2.75) is 56.2 Å². The molecular formula is C18H30N2O5S. The van der Waals surface area contributed by atoms with Crippen LogP contribution >= 0.6 is 0 Å². The standard InChI is InChI=1S/C18H30N2O5S/c1-13-7-5-8-14(2)20(13)12-15(21)11-19-26(22,23)17-10-6-9-16(24-3)18(17)25-4/h6,9-10,13-15,19,21H,5,7-8,11-12H2,1-4H3. The maximum atomic E-state index is 12.6. The number of hydrogen-bond acceptors (Lipinski definition) is 6. The SMILES string of the molecule is COc1cccc(S(=O)(=O)NCC(O)CN2C(C)CCCC2C)c1OC. The number of piperidine rings is 1. The lowest BCUT2D eigenvalue weighted by atomic mass is 9.97. The summed E-state index contributed by atoms with van der Waals surface area (Å²) in [7, 11) is -0.988. The van der Waals surface area contributed by atoms with E-state index in [1.807, 2.05) is 0 Å². The van der Waals surface area contributed by atoms with E-state index in [0.717, 1.165) is 12.8 Å². The van der Waals surface area contributed by atoms with E-state index in [0.29, 0.717) is 24.4 Å². The number of sulfonamides is 1. The zero-order valence-corrected chi connectivity index (χ0v) is 16.8. The maximum absolute atomic E-state index is 12.6. The zero-order valence-electron chi connectivity index (χ0n) is 15.9. The Morgan fingerprint density at radius 3 is 2.46 bits per heavy atom. The second-order valence-electron chi connectivity index (χ2n) is 6.82. The van der Waals surface area contributed by atoms with Gasteiger partial charge in [0.15, 0.2) is 11.5 Å².